The number of nitrogens with zero attached hydrogens (tertiary/aromatic N) is 2. The Morgan fingerprint density at radius 2 is 2.21 bits per heavy atom. The van der Waals surface area contributed by atoms with Crippen LogP contribution in [0.15, 0.2) is 6.20 Å². The monoisotopic (exact) mass is 284 g/mol. The van der Waals surface area contributed by atoms with E-state index in [1.807, 2.05) is 6.92 Å². The average molecular weight is 285 g/mol. The van der Waals surface area contributed by atoms with Crippen LogP contribution in [0, 0.1) is 5.92 Å². The predicted octanol–water partition coefficient (Wildman–Crippen LogP) is 2.52. The molecular weight excluding hydrogens is 264 g/mol. The molecule has 0 radical (unpaired) electrons. The first-order chi connectivity index (χ1) is 9.24. The van der Waals surface area contributed by atoms with Crippen molar-refractivity contribution in [3.05, 3.63) is 11.2 Å². The zero-order chi connectivity index (χ0) is 13.7. The fourth-order valence-corrected chi connectivity index (χ4v) is 2.65. The topological polar surface area (TPSA) is 70.1 Å². The molecule has 0 bridgehead atoms. The second kappa shape index (κ2) is 6.91. The molecule has 0 aromatic carbocycles. The molecule has 2 atom stereocenters. The molecule has 0 amide bonds. The Labute approximate surface area is 118 Å². The van der Waals surface area contributed by atoms with Crippen LogP contribution in [0.2, 0.25) is 5.02 Å². The van der Waals surface area contributed by atoms with Crippen LogP contribution in [-0.2, 0) is 0 Å². The molecule has 1 saturated carbocycles. The van der Waals surface area contributed by atoms with Gasteiger partial charge in [-0.2, -0.15) is 4.98 Å². The Hall–Kier alpha value is -1.07. The van der Waals surface area contributed by atoms with Crippen molar-refractivity contribution < 1.29 is 5.11 Å². The Morgan fingerprint density at radius 3 is 2.95 bits per heavy atom. The molecule has 0 aliphatic heterocycles. The lowest BCUT2D eigenvalue weighted by molar-refractivity contribution is 0.178. The second-order valence-electron chi connectivity index (χ2n) is 4.90. The third-order valence-corrected chi connectivity index (χ3v) is 3.82. The number of nitrogens with one attached hydrogen (secondary N) is 2. The summed E-state index contributed by atoms with van der Waals surface area (Å²) in [5, 5.41) is 16.4. The van der Waals surface area contributed by atoms with Crippen molar-refractivity contribution in [2.45, 2.75) is 38.6 Å². The number of aromatic nitrogens is 2. The summed E-state index contributed by atoms with van der Waals surface area (Å²) in [5.74, 6) is 1.51. The first-order valence-electron chi connectivity index (χ1n) is 6.88. The van der Waals surface area contributed by atoms with E-state index in [0.717, 1.165) is 19.4 Å². The lowest BCUT2D eigenvalue weighted by Crippen LogP contribution is -2.34. The van der Waals surface area contributed by atoms with Crippen molar-refractivity contribution in [2.24, 2.45) is 5.92 Å². The highest BCUT2D eigenvalue weighted by Crippen LogP contribution is 2.29. The summed E-state index contributed by atoms with van der Waals surface area (Å²) in [6.07, 6.45) is 6.06. The molecule has 5 nitrogen and oxygen atoms in total. The lowest BCUT2D eigenvalue weighted by Gasteiger charge is -2.31. The molecule has 3 N–H and O–H groups in total. The Bertz CT molecular complexity index is 416. The highest BCUT2D eigenvalue weighted by atomic mass is 35.5. The highest BCUT2D eigenvalue weighted by molar-refractivity contribution is 6.32. The van der Waals surface area contributed by atoms with Gasteiger partial charge >= 0.3 is 0 Å². The molecular formula is C13H21ClN4O. The molecule has 6 heteroatoms. The standard InChI is InChI=1S/C13H21ClN4O/c1-2-15-13-16-7-10(14)12(18-13)17-11-6-4-3-5-9(11)8-19/h7,9,11,19H,2-6,8H2,1H3,(H2,15,16,17,18). The SMILES string of the molecule is CCNc1ncc(Cl)c(NC2CCCCC2CO)n1. The van der Waals surface area contributed by atoms with Crippen molar-refractivity contribution in [1.29, 1.82) is 0 Å². The maximum atomic E-state index is 9.43. The molecule has 0 saturated heterocycles. The third-order valence-electron chi connectivity index (χ3n) is 3.54. The fourth-order valence-electron chi connectivity index (χ4n) is 2.50. The second-order valence-corrected chi connectivity index (χ2v) is 5.31. The molecule has 106 valence electrons. The zero-order valence-electron chi connectivity index (χ0n) is 11.2. The van der Waals surface area contributed by atoms with Crippen molar-refractivity contribution in [2.75, 3.05) is 23.8 Å². The zero-order valence-corrected chi connectivity index (χ0v) is 12.0. The lowest BCUT2D eigenvalue weighted by atomic mass is 9.85. The van der Waals surface area contributed by atoms with Crippen LogP contribution in [0.5, 0.6) is 0 Å². The summed E-state index contributed by atoms with van der Waals surface area (Å²) in [4.78, 5) is 8.50. The van der Waals surface area contributed by atoms with Crippen LogP contribution in [0.3, 0.4) is 0 Å². The summed E-state index contributed by atoms with van der Waals surface area (Å²) in [6.45, 7) is 2.97. The maximum Gasteiger partial charge on any atom is 0.224 e. The maximum absolute atomic E-state index is 9.43. The first kappa shape index (κ1) is 14.3. The van der Waals surface area contributed by atoms with E-state index in [4.69, 9.17) is 11.6 Å². The molecule has 2 unspecified atom stereocenters. The van der Waals surface area contributed by atoms with Gasteiger partial charge in [0.25, 0.3) is 0 Å². The van der Waals surface area contributed by atoms with Crippen LogP contribution < -0.4 is 10.6 Å². The molecule has 1 aromatic rings. The summed E-state index contributed by atoms with van der Waals surface area (Å²) in [5.41, 5.74) is 0. The largest absolute Gasteiger partial charge is 0.396 e. The van der Waals surface area contributed by atoms with Gasteiger partial charge in [-0.25, -0.2) is 4.98 Å². The number of anilines is 2. The summed E-state index contributed by atoms with van der Waals surface area (Å²) >= 11 is 6.13. The van der Waals surface area contributed by atoms with Crippen molar-refractivity contribution >= 4 is 23.4 Å². The number of hydrogen-bond acceptors (Lipinski definition) is 5. The third kappa shape index (κ3) is 3.70. The number of halogens is 1. The molecule has 1 fully saturated rings. The summed E-state index contributed by atoms with van der Waals surface area (Å²) < 4.78 is 0. The van der Waals surface area contributed by atoms with Gasteiger partial charge in [0.2, 0.25) is 5.95 Å². The number of rotatable bonds is 5. The molecule has 1 aromatic heterocycles. The van der Waals surface area contributed by atoms with Gasteiger partial charge in [-0.3, -0.25) is 0 Å². The van der Waals surface area contributed by atoms with E-state index in [-0.39, 0.29) is 18.6 Å². The van der Waals surface area contributed by atoms with Gasteiger partial charge in [-0.15, -0.1) is 0 Å². The van der Waals surface area contributed by atoms with Gasteiger partial charge in [-0.1, -0.05) is 24.4 Å². The minimum absolute atomic E-state index is 0.209. The van der Waals surface area contributed by atoms with E-state index >= 15 is 0 Å². The predicted molar refractivity (Wildman–Crippen MR) is 77.7 cm³/mol. The van der Waals surface area contributed by atoms with E-state index in [0.29, 0.717) is 16.8 Å². The van der Waals surface area contributed by atoms with Gasteiger partial charge in [0, 0.05) is 25.1 Å². The van der Waals surface area contributed by atoms with Gasteiger partial charge < -0.3 is 15.7 Å². The Kier molecular flexibility index (Phi) is 5.22. The molecule has 0 spiro atoms. The molecule has 2 rings (SSSR count). The van der Waals surface area contributed by atoms with Gasteiger partial charge in [0.15, 0.2) is 5.82 Å². The Balaban J connectivity index is 2.10. The van der Waals surface area contributed by atoms with E-state index in [9.17, 15) is 5.11 Å². The molecule has 1 aliphatic rings. The van der Waals surface area contributed by atoms with E-state index in [1.165, 1.54) is 12.8 Å². The van der Waals surface area contributed by atoms with Crippen LogP contribution in [0.25, 0.3) is 0 Å². The average Bonchev–Trinajstić information content (AvgIpc) is 2.43. The van der Waals surface area contributed by atoms with Crippen LogP contribution in [0.4, 0.5) is 11.8 Å². The molecule has 1 aliphatic carbocycles. The Morgan fingerprint density at radius 1 is 1.42 bits per heavy atom. The number of aliphatic hydroxyl groups excluding tert-OH is 1. The van der Waals surface area contributed by atoms with E-state index in [1.54, 1.807) is 6.20 Å². The van der Waals surface area contributed by atoms with Crippen molar-refractivity contribution in [3.8, 4) is 0 Å². The fraction of sp³-hybridized carbons (Fsp3) is 0.692. The number of aliphatic hydroxyl groups is 1. The highest BCUT2D eigenvalue weighted by Gasteiger charge is 2.25. The number of hydrogen-bond donors (Lipinski definition) is 3. The minimum Gasteiger partial charge on any atom is -0.396 e. The van der Waals surface area contributed by atoms with Gasteiger partial charge in [0.05, 0.1) is 6.20 Å². The summed E-state index contributed by atoms with van der Waals surface area (Å²) in [7, 11) is 0. The smallest absolute Gasteiger partial charge is 0.224 e. The van der Waals surface area contributed by atoms with Crippen molar-refractivity contribution in [1.82, 2.24) is 9.97 Å². The van der Waals surface area contributed by atoms with E-state index in [2.05, 4.69) is 20.6 Å². The van der Waals surface area contributed by atoms with Gasteiger partial charge in [0.1, 0.15) is 5.02 Å². The summed E-state index contributed by atoms with van der Waals surface area (Å²) in [6, 6.07) is 0.237. The van der Waals surface area contributed by atoms with Crippen molar-refractivity contribution in [3.63, 3.8) is 0 Å². The van der Waals surface area contributed by atoms with Crippen LogP contribution in [0.1, 0.15) is 32.6 Å². The normalized spacial score (nSPS) is 23.1. The van der Waals surface area contributed by atoms with Crippen LogP contribution >= 0.6 is 11.6 Å². The minimum atomic E-state index is 0.209. The first-order valence-corrected chi connectivity index (χ1v) is 7.26. The quantitative estimate of drug-likeness (QED) is 0.775. The van der Waals surface area contributed by atoms with Crippen LogP contribution in [-0.4, -0.2) is 34.3 Å². The molecule has 1 heterocycles. The van der Waals surface area contributed by atoms with E-state index < -0.39 is 0 Å². The molecule has 19 heavy (non-hydrogen) atoms. The van der Waals surface area contributed by atoms with Gasteiger partial charge in [-0.05, 0) is 19.8 Å².